The van der Waals surface area contributed by atoms with E-state index in [2.05, 4.69) is 6.92 Å². The average Bonchev–Trinajstić information content (AvgIpc) is 2.15. The van der Waals surface area contributed by atoms with E-state index in [9.17, 15) is 9.90 Å². The lowest BCUT2D eigenvalue weighted by Crippen LogP contribution is -1.99. The van der Waals surface area contributed by atoms with Gasteiger partial charge < -0.3 is 4.74 Å². The van der Waals surface area contributed by atoms with E-state index < -0.39 is 5.97 Å². The lowest BCUT2D eigenvalue weighted by Gasteiger charge is -2.02. The second-order valence-corrected chi connectivity index (χ2v) is 3.50. The predicted molar refractivity (Wildman–Crippen MR) is 54.5 cm³/mol. The molecule has 0 aromatic heterocycles. The van der Waals surface area contributed by atoms with Gasteiger partial charge >= 0.3 is 5.97 Å². The van der Waals surface area contributed by atoms with Crippen LogP contribution in [0.5, 0.6) is 0 Å². The molecule has 0 N–H and O–H groups in total. The molecule has 83 valence electrons. The van der Waals surface area contributed by atoms with Gasteiger partial charge in [-0.2, -0.15) is 0 Å². The molecule has 0 spiro atoms. The number of unbranched alkanes of at least 4 members (excludes halogenated alkanes) is 4. The first-order chi connectivity index (χ1) is 6.77. The summed E-state index contributed by atoms with van der Waals surface area (Å²) in [6.07, 6.45) is 6.50. The Hall–Kier alpha value is -0.570. The molecule has 0 aliphatic heterocycles. The minimum atomic E-state index is -0.965. The third kappa shape index (κ3) is 11.4. The molecule has 0 saturated heterocycles. The highest BCUT2D eigenvalue weighted by Gasteiger charge is 1.98. The third-order valence-electron chi connectivity index (χ3n) is 2.06. The summed E-state index contributed by atoms with van der Waals surface area (Å²) in [6.45, 7) is 3.67. The number of hydrogen-bond acceptors (Lipinski definition) is 2. The third-order valence-corrected chi connectivity index (χ3v) is 2.06. The van der Waals surface area contributed by atoms with Crippen molar-refractivity contribution in [3.05, 3.63) is 0 Å². The van der Waals surface area contributed by atoms with Crippen molar-refractivity contribution in [2.45, 2.75) is 51.9 Å². The topological polar surface area (TPSA) is 46.2 Å². The summed E-state index contributed by atoms with van der Waals surface area (Å²) in [4.78, 5) is 10.1. The molecule has 3 nitrogen and oxygen atoms in total. The smallest absolute Gasteiger partial charge is 0.355 e. The minimum Gasteiger partial charge on any atom is -0.381 e. The van der Waals surface area contributed by atoms with Crippen LogP contribution >= 0.6 is 0 Å². The highest BCUT2D eigenvalue weighted by atomic mass is 16.5. The number of carbonyl (C=O) groups excluding carboxylic acids is 1. The van der Waals surface area contributed by atoms with E-state index in [0.29, 0.717) is 13.0 Å². The van der Waals surface area contributed by atoms with Crippen molar-refractivity contribution < 1.29 is 14.6 Å². The molecule has 0 atom stereocenters. The summed E-state index contributed by atoms with van der Waals surface area (Å²) in [5, 5.41) is 10.1. The Morgan fingerprint density at radius 1 is 1.00 bits per heavy atom. The van der Waals surface area contributed by atoms with Crippen molar-refractivity contribution in [2.75, 3.05) is 13.2 Å². The van der Waals surface area contributed by atoms with Gasteiger partial charge in [-0.15, -0.1) is 0 Å². The number of rotatable bonds is 10. The molecule has 0 saturated carbocycles. The first-order valence-electron chi connectivity index (χ1n) is 5.55. The van der Waals surface area contributed by atoms with Gasteiger partial charge in [0.25, 0.3) is 0 Å². The van der Waals surface area contributed by atoms with E-state index in [1.165, 1.54) is 19.3 Å². The Labute approximate surface area is 86.5 Å². The molecule has 0 aliphatic carbocycles. The van der Waals surface area contributed by atoms with Gasteiger partial charge in [-0.25, -0.2) is 9.90 Å². The highest BCUT2D eigenvalue weighted by molar-refractivity contribution is 5.66. The number of ether oxygens (including phenoxy) is 1. The molecule has 3 heteroatoms. The number of carbonyl (C=O) groups is 1. The zero-order chi connectivity index (χ0) is 10.6. The van der Waals surface area contributed by atoms with E-state index in [1.54, 1.807) is 0 Å². The molecule has 14 heavy (non-hydrogen) atoms. The Morgan fingerprint density at radius 3 is 2.21 bits per heavy atom. The van der Waals surface area contributed by atoms with Gasteiger partial charge in [0.1, 0.15) is 0 Å². The Kier molecular flexibility index (Phi) is 10.1. The van der Waals surface area contributed by atoms with E-state index in [0.717, 1.165) is 19.4 Å². The lowest BCUT2D eigenvalue weighted by atomic mass is 10.2. The fraction of sp³-hybridized carbons (Fsp3) is 0.909. The SMILES string of the molecule is CCCCCCOCCCCC([O])=O. The van der Waals surface area contributed by atoms with Crippen LogP contribution in [0.25, 0.3) is 0 Å². The van der Waals surface area contributed by atoms with Crippen LogP contribution in [-0.2, 0) is 14.6 Å². The van der Waals surface area contributed by atoms with Crippen LogP contribution in [0.1, 0.15) is 51.9 Å². The Morgan fingerprint density at radius 2 is 1.64 bits per heavy atom. The van der Waals surface area contributed by atoms with Gasteiger partial charge in [0, 0.05) is 13.2 Å². The minimum absolute atomic E-state index is 0.152. The van der Waals surface area contributed by atoms with Crippen LogP contribution in [0, 0.1) is 0 Å². The Balaban J connectivity index is 2.88. The van der Waals surface area contributed by atoms with E-state index in [-0.39, 0.29) is 6.42 Å². The highest BCUT2D eigenvalue weighted by Crippen LogP contribution is 2.00. The molecule has 0 fully saturated rings. The fourth-order valence-electron chi connectivity index (χ4n) is 1.21. The van der Waals surface area contributed by atoms with E-state index in [4.69, 9.17) is 4.74 Å². The summed E-state index contributed by atoms with van der Waals surface area (Å²) >= 11 is 0. The summed E-state index contributed by atoms with van der Waals surface area (Å²) < 4.78 is 5.35. The second kappa shape index (κ2) is 10.5. The summed E-state index contributed by atoms with van der Waals surface area (Å²) in [5.41, 5.74) is 0. The molecule has 0 aliphatic rings. The molecule has 0 rings (SSSR count). The van der Waals surface area contributed by atoms with Crippen LogP contribution in [0.15, 0.2) is 0 Å². The van der Waals surface area contributed by atoms with E-state index in [1.807, 2.05) is 0 Å². The van der Waals surface area contributed by atoms with Crippen molar-refractivity contribution in [2.24, 2.45) is 0 Å². The summed E-state index contributed by atoms with van der Waals surface area (Å²) in [6, 6.07) is 0. The van der Waals surface area contributed by atoms with Crippen molar-refractivity contribution in [1.82, 2.24) is 0 Å². The van der Waals surface area contributed by atoms with Crippen molar-refractivity contribution >= 4 is 5.97 Å². The largest absolute Gasteiger partial charge is 0.381 e. The standard InChI is InChI=1S/C11H21O3/c1-2-3-4-6-9-14-10-7-5-8-11(12)13/h2-10H2,1H3. The number of hydrogen-bond donors (Lipinski definition) is 0. The first-order valence-corrected chi connectivity index (χ1v) is 5.55. The molecule has 0 aromatic carbocycles. The van der Waals surface area contributed by atoms with Gasteiger partial charge in [-0.3, -0.25) is 0 Å². The zero-order valence-corrected chi connectivity index (χ0v) is 9.09. The maximum atomic E-state index is 10.1. The van der Waals surface area contributed by atoms with Crippen LogP contribution < -0.4 is 0 Å². The van der Waals surface area contributed by atoms with Crippen LogP contribution in [0.3, 0.4) is 0 Å². The molecule has 0 heterocycles. The molecule has 0 unspecified atom stereocenters. The van der Waals surface area contributed by atoms with Crippen molar-refractivity contribution in [1.29, 1.82) is 0 Å². The van der Waals surface area contributed by atoms with Crippen molar-refractivity contribution in [3.63, 3.8) is 0 Å². The van der Waals surface area contributed by atoms with Crippen LogP contribution in [-0.4, -0.2) is 19.2 Å². The van der Waals surface area contributed by atoms with Crippen molar-refractivity contribution in [3.8, 4) is 0 Å². The Bertz CT molecular complexity index is 134. The normalized spacial score (nSPS) is 10.4. The second-order valence-electron chi connectivity index (χ2n) is 3.50. The van der Waals surface area contributed by atoms with Crippen LogP contribution in [0.2, 0.25) is 0 Å². The van der Waals surface area contributed by atoms with Gasteiger partial charge in [0.15, 0.2) is 0 Å². The summed E-state index contributed by atoms with van der Waals surface area (Å²) in [5.74, 6) is -0.965. The van der Waals surface area contributed by atoms with Gasteiger partial charge in [-0.1, -0.05) is 26.2 Å². The molecule has 0 amide bonds. The maximum Gasteiger partial charge on any atom is 0.355 e. The zero-order valence-electron chi connectivity index (χ0n) is 9.09. The summed E-state index contributed by atoms with van der Waals surface area (Å²) in [7, 11) is 0. The lowest BCUT2D eigenvalue weighted by molar-refractivity contribution is -0.143. The maximum absolute atomic E-state index is 10.1. The first kappa shape index (κ1) is 13.4. The van der Waals surface area contributed by atoms with E-state index >= 15 is 0 Å². The van der Waals surface area contributed by atoms with Gasteiger partial charge in [0.2, 0.25) is 0 Å². The molecular formula is C11H21O3. The average molecular weight is 201 g/mol. The predicted octanol–water partition coefficient (Wildman–Crippen LogP) is 2.71. The monoisotopic (exact) mass is 201 g/mol. The quantitative estimate of drug-likeness (QED) is 0.510. The van der Waals surface area contributed by atoms with Crippen LogP contribution in [0.4, 0.5) is 0 Å². The molecular weight excluding hydrogens is 180 g/mol. The molecule has 0 aromatic rings. The van der Waals surface area contributed by atoms with Gasteiger partial charge in [-0.05, 0) is 19.3 Å². The molecule has 0 bridgehead atoms. The fourth-order valence-corrected chi connectivity index (χ4v) is 1.21. The van der Waals surface area contributed by atoms with Gasteiger partial charge in [0.05, 0.1) is 6.42 Å². The molecule has 1 radical (unpaired) electrons.